The summed E-state index contributed by atoms with van der Waals surface area (Å²) in [5, 5.41) is 10.3. The first-order valence-corrected chi connectivity index (χ1v) is 15.4. The Morgan fingerprint density at radius 2 is 1.71 bits per heavy atom. The van der Waals surface area contributed by atoms with E-state index < -0.39 is 28.7 Å². The number of aliphatic hydroxyl groups excluding tert-OH is 1. The zero-order valence-corrected chi connectivity index (χ0v) is 24.9. The van der Waals surface area contributed by atoms with Gasteiger partial charge < -0.3 is 24.5 Å². The SMILES string of the molecule is COc1ccc(N2CC=C[C@]34S[C@H]5C=CCN(Cc6ccccc6)C(=O)[C@H]5[C@H]3C(=O)N([C@@H](CO)C(C)C)C4C2=O)cc1. The Bertz CT molecular complexity index is 1410. The van der Waals surface area contributed by atoms with E-state index in [0.29, 0.717) is 31.1 Å². The maximum atomic E-state index is 14.6. The predicted molar refractivity (Wildman–Crippen MR) is 163 cm³/mol. The Hall–Kier alpha value is -3.56. The van der Waals surface area contributed by atoms with Gasteiger partial charge in [-0.1, -0.05) is 68.5 Å². The summed E-state index contributed by atoms with van der Waals surface area (Å²) in [6.07, 6.45) is 8.04. The molecule has 0 aromatic heterocycles. The molecule has 0 saturated carbocycles. The van der Waals surface area contributed by atoms with Crippen molar-refractivity contribution in [3.8, 4) is 5.75 Å². The van der Waals surface area contributed by atoms with E-state index in [2.05, 4.69) is 6.08 Å². The number of carbonyl (C=O) groups excluding carboxylic acids is 3. The maximum Gasteiger partial charge on any atom is 0.251 e. The lowest BCUT2D eigenvalue weighted by molar-refractivity contribution is -0.145. The minimum absolute atomic E-state index is 0.0700. The molecule has 1 unspecified atom stereocenters. The molecule has 2 aromatic rings. The predicted octanol–water partition coefficient (Wildman–Crippen LogP) is 3.51. The number of fused-ring (bicyclic) bond motifs is 2. The Morgan fingerprint density at radius 1 is 0.976 bits per heavy atom. The first-order chi connectivity index (χ1) is 20.3. The van der Waals surface area contributed by atoms with Crippen LogP contribution in [0.1, 0.15) is 19.4 Å². The summed E-state index contributed by atoms with van der Waals surface area (Å²) in [6.45, 7) is 4.88. The van der Waals surface area contributed by atoms with Crippen molar-refractivity contribution in [1.82, 2.24) is 9.80 Å². The minimum Gasteiger partial charge on any atom is -0.497 e. The molecule has 6 atom stereocenters. The van der Waals surface area contributed by atoms with Gasteiger partial charge in [-0.25, -0.2) is 0 Å². The fraction of sp³-hybridized carbons (Fsp3) is 0.424. The number of ether oxygens (including phenoxy) is 1. The van der Waals surface area contributed by atoms with Crippen LogP contribution in [0.5, 0.6) is 5.75 Å². The normalized spacial score (nSPS) is 29.4. The Kier molecular flexibility index (Phi) is 7.66. The van der Waals surface area contributed by atoms with Gasteiger partial charge in [0.15, 0.2) is 0 Å². The lowest BCUT2D eigenvalue weighted by Gasteiger charge is -2.39. The number of rotatable bonds is 7. The highest BCUT2D eigenvalue weighted by atomic mass is 32.2. The molecule has 2 aromatic carbocycles. The van der Waals surface area contributed by atoms with Gasteiger partial charge in [0.05, 0.1) is 36.3 Å². The lowest BCUT2D eigenvalue weighted by Crippen LogP contribution is -2.57. The maximum absolute atomic E-state index is 14.6. The van der Waals surface area contributed by atoms with E-state index in [4.69, 9.17) is 4.74 Å². The highest BCUT2D eigenvalue weighted by molar-refractivity contribution is 8.02. The highest BCUT2D eigenvalue weighted by Gasteiger charge is 2.72. The molecule has 3 amide bonds. The van der Waals surface area contributed by atoms with Crippen LogP contribution in [0, 0.1) is 17.8 Å². The molecule has 0 radical (unpaired) electrons. The van der Waals surface area contributed by atoms with E-state index in [-0.39, 0.29) is 35.5 Å². The van der Waals surface area contributed by atoms with Crippen molar-refractivity contribution in [2.75, 3.05) is 31.7 Å². The van der Waals surface area contributed by atoms with Crippen LogP contribution in [-0.4, -0.2) is 81.5 Å². The van der Waals surface area contributed by atoms with Crippen LogP contribution in [0.3, 0.4) is 0 Å². The molecule has 220 valence electrons. The van der Waals surface area contributed by atoms with Gasteiger partial charge >= 0.3 is 0 Å². The number of hydrogen-bond donors (Lipinski definition) is 1. The third-order valence-corrected chi connectivity index (χ3v) is 10.8. The van der Waals surface area contributed by atoms with Crippen molar-refractivity contribution in [3.63, 3.8) is 0 Å². The number of nitrogens with zero attached hydrogens (tertiary/aromatic N) is 3. The van der Waals surface area contributed by atoms with Crippen LogP contribution >= 0.6 is 11.8 Å². The number of thioether (sulfide) groups is 1. The molecule has 2 fully saturated rings. The van der Waals surface area contributed by atoms with E-state index in [1.165, 1.54) is 0 Å². The number of likely N-dealkylation sites (tertiary alicyclic amines) is 1. The second-order valence-electron chi connectivity index (χ2n) is 11.8. The van der Waals surface area contributed by atoms with Crippen molar-refractivity contribution in [1.29, 1.82) is 0 Å². The van der Waals surface area contributed by atoms with E-state index in [9.17, 15) is 19.5 Å². The van der Waals surface area contributed by atoms with Crippen molar-refractivity contribution < 1.29 is 24.2 Å². The van der Waals surface area contributed by atoms with Gasteiger partial charge in [0.25, 0.3) is 5.91 Å². The number of benzene rings is 2. The fourth-order valence-corrected chi connectivity index (χ4v) is 9.04. The number of hydrogen-bond acceptors (Lipinski definition) is 6. The first kappa shape index (κ1) is 28.6. The van der Waals surface area contributed by atoms with Crippen molar-refractivity contribution in [2.45, 2.75) is 42.5 Å². The largest absolute Gasteiger partial charge is 0.497 e. The van der Waals surface area contributed by atoms with Crippen LogP contribution in [0.15, 0.2) is 78.9 Å². The van der Waals surface area contributed by atoms with Gasteiger partial charge in [-0.2, -0.15) is 0 Å². The number of methoxy groups -OCH3 is 1. The standard InChI is InChI=1S/C33H37N3O5S/c1-21(2)25(20-37)36-29-32(40)35(23-12-14-24(41-3)15-13-23)18-8-16-33(29)28(31(36)39)27-26(42-33)11-7-17-34(30(27)38)19-22-9-5-4-6-10-22/h4-16,21,25-29,37H,17-20H2,1-3H3/t25-,26-,27+,28-,29?,33-/m0/s1. The molecule has 4 aliphatic rings. The second kappa shape index (κ2) is 11.3. The molecule has 6 rings (SSSR count). The molecule has 4 heterocycles. The Balaban J connectivity index is 1.43. The van der Waals surface area contributed by atoms with Gasteiger partial charge in [-0.3, -0.25) is 14.4 Å². The number of carbonyl (C=O) groups is 3. The third-order valence-electron chi connectivity index (χ3n) is 9.09. The number of aliphatic hydroxyl groups is 1. The lowest BCUT2D eigenvalue weighted by atomic mass is 9.78. The van der Waals surface area contributed by atoms with Crippen LogP contribution < -0.4 is 9.64 Å². The molecule has 8 nitrogen and oxygen atoms in total. The van der Waals surface area contributed by atoms with Crippen LogP contribution in [0.2, 0.25) is 0 Å². The minimum atomic E-state index is -0.942. The summed E-state index contributed by atoms with van der Waals surface area (Å²) < 4.78 is 4.37. The van der Waals surface area contributed by atoms with Gasteiger partial charge in [-0.05, 0) is 35.7 Å². The van der Waals surface area contributed by atoms with Crippen LogP contribution in [0.25, 0.3) is 0 Å². The molecule has 1 N–H and O–H groups in total. The van der Waals surface area contributed by atoms with Crippen molar-refractivity contribution in [3.05, 3.63) is 84.5 Å². The van der Waals surface area contributed by atoms with Gasteiger partial charge in [0.2, 0.25) is 11.8 Å². The van der Waals surface area contributed by atoms with Crippen LogP contribution in [0.4, 0.5) is 5.69 Å². The molecule has 0 aliphatic carbocycles. The Labute approximate surface area is 251 Å². The number of anilines is 1. The molecule has 42 heavy (non-hydrogen) atoms. The quantitative estimate of drug-likeness (QED) is 0.499. The smallest absolute Gasteiger partial charge is 0.251 e. The highest BCUT2D eigenvalue weighted by Crippen LogP contribution is 2.61. The summed E-state index contributed by atoms with van der Waals surface area (Å²) in [7, 11) is 1.59. The summed E-state index contributed by atoms with van der Waals surface area (Å²) in [5.41, 5.74) is 1.72. The molecule has 1 spiro atoms. The monoisotopic (exact) mass is 587 g/mol. The molecule has 4 aliphatic heterocycles. The van der Waals surface area contributed by atoms with Crippen molar-refractivity contribution >= 4 is 35.2 Å². The first-order valence-electron chi connectivity index (χ1n) is 14.5. The fourth-order valence-electron chi connectivity index (χ4n) is 7.05. The zero-order chi connectivity index (χ0) is 29.6. The average Bonchev–Trinajstić information content (AvgIpc) is 3.31. The van der Waals surface area contributed by atoms with Crippen LogP contribution in [-0.2, 0) is 20.9 Å². The molecule has 2 saturated heterocycles. The molecule has 9 heteroatoms. The summed E-state index contributed by atoms with van der Waals surface area (Å²) >= 11 is 1.56. The topological polar surface area (TPSA) is 90.4 Å². The summed E-state index contributed by atoms with van der Waals surface area (Å²) in [6, 6.07) is 15.7. The summed E-state index contributed by atoms with van der Waals surface area (Å²) in [5.74, 6) is -1.26. The van der Waals surface area contributed by atoms with E-state index in [0.717, 1.165) is 5.56 Å². The van der Waals surface area contributed by atoms with E-state index in [1.54, 1.807) is 28.7 Å². The zero-order valence-electron chi connectivity index (χ0n) is 24.1. The summed E-state index contributed by atoms with van der Waals surface area (Å²) in [4.78, 5) is 48.7. The molecular formula is C33H37N3O5S. The van der Waals surface area contributed by atoms with Gasteiger partial charge in [0, 0.05) is 30.6 Å². The van der Waals surface area contributed by atoms with Gasteiger partial charge in [0.1, 0.15) is 11.8 Å². The van der Waals surface area contributed by atoms with Gasteiger partial charge in [-0.15, -0.1) is 11.8 Å². The number of amides is 3. The van der Waals surface area contributed by atoms with E-state index >= 15 is 0 Å². The average molecular weight is 588 g/mol. The van der Waals surface area contributed by atoms with Crippen molar-refractivity contribution in [2.24, 2.45) is 17.8 Å². The molecular weight excluding hydrogens is 550 g/mol. The Morgan fingerprint density at radius 3 is 2.38 bits per heavy atom. The molecule has 0 bridgehead atoms. The van der Waals surface area contributed by atoms with E-state index in [1.807, 2.05) is 91.6 Å². The third kappa shape index (κ3) is 4.54. The second-order valence-corrected chi connectivity index (χ2v) is 13.3.